The number of halogens is 4. The van der Waals surface area contributed by atoms with Crippen molar-refractivity contribution in [3.8, 4) is 11.1 Å². The smallest absolute Gasteiger partial charge is 0.260 e. The lowest BCUT2D eigenvalue weighted by Gasteiger charge is -2.22. The molecule has 0 aliphatic carbocycles. The molecule has 196 valence electrons. The van der Waals surface area contributed by atoms with E-state index in [1.165, 1.54) is 12.3 Å². The maximum absolute atomic E-state index is 14.9. The molecule has 7 N–H and O–H groups in total. The van der Waals surface area contributed by atoms with Crippen LogP contribution in [0.2, 0.25) is 0 Å². The van der Waals surface area contributed by atoms with Crippen molar-refractivity contribution >= 4 is 22.9 Å². The van der Waals surface area contributed by atoms with E-state index in [1.807, 2.05) is 0 Å². The number of rotatable bonds is 11. The van der Waals surface area contributed by atoms with Crippen molar-refractivity contribution in [2.24, 2.45) is 11.5 Å². The second-order valence-electron chi connectivity index (χ2n) is 8.43. The molecule has 13 heteroatoms. The highest BCUT2D eigenvalue weighted by molar-refractivity contribution is 5.79. The van der Waals surface area contributed by atoms with Gasteiger partial charge in [-0.05, 0) is 50.7 Å². The lowest BCUT2D eigenvalue weighted by Crippen LogP contribution is -2.28. The Bertz CT molecular complexity index is 1450. The van der Waals surface area contributed by atoms with Crippen LogP contribution in [0.4, 0.5) is 29.5 Å². The third kappa shape index (κ3) is 5.96. The minimum Gasteiger partial charge on any atom is -0.330 e. The van der Waals surface area contributed by atoms with E-state index in [0.717, 1.165) is 32.0 Å². The number of nitrogens with zero attached hydrogens (tertiary/aromatic N) is 3. The maximum atomic E-state index is 14.9. The average Bonchev–Trinajstić information content (AvgIpc) is 3.27. The molecule has 0 saturated heterocycles. The topological polar surface area (TPSA) is 142 Å². The number of aromatic amines is 2. The Morgan fingerprint density at radius 2 is 1.65 bits per heavy atom. The molecule has 0 fully saturated rings. The highest BCUT2D eigenvalue weighted by atomic mass is 19.2. The van der Waals surface area contributed by atoms with Gasteiger partial charge >= 0.3 is 0 Å². The molecule has 0 unspecified atom stereocenters. The highest BCUT2D eigenvalue weighted by Gasteiger charge is 2.18. The molecule has 0 bridgehead atoms. The summed E-state index contributed by atoms with van der Waals surface area (Å²) in [6.07, 6.45) is 2.80. The summed E-state index contributed by atoms with van der Waals surface area (Å²) in [5, 5.41) is 2.61. The fraction of sp³-hybridized carbons (Fsp3) is 0.292. The SMILES string of the molecule is NCCCN(CCCN)Cc1ccc(-c2cnc(Nc3nc4c(F)c(F)c(F)cc4[nH]3)[nH]c2=O)cc1F. The first-order valence-electron chi connectivity index (χ1n) is 11.6. The highest BCUT2D eigenvalue weighted by Crippen LogP contribution is 2.24. The molecule has 0 aliphatic heterocycles. The minimum absolute atomic E-state index is 0.0679. The number of H-pyrrole nitrogens is 2. The first kappa shape index (κ1) is 26.3. The quantitative estimate of drug-likeness (QED) is 0.152. The Hall–Kier alpha value is -3.81. The van der Waals surface area contributed by atoms with Crippen LogP contribution in [-0.2, 0) is 6.54 Å². The van der Waals surface area contributed by atoms with Gasteiger partial charge in [-0.25, -0.2) is 27.5 Å². The summed E-state index contributed by atoms with van der Waals surface area (Å²) in [7, 11) is 0. The molecule has 0 amide bonds. The fourth-order valence-corrected chi connectivity index (χ4v) is 3.88. The second-order valence-corrected chi connectivity index (χ2v) is 8.43. The molecule has 0 atom stereocenters. The summed E-state index contributed by atoms with van der Waals surface area (Å²) in [4.78, 5) is 27.7. The number of fused-ring (bicyclic) bond motifs is 1. The van der Waals surface area contributed by atoms with E-state index in [-0.39, 0.29) is 23.0 Å². The normalized spacial score (nSPS) is 11.5. The molecular formula is C24H26F4N8O. The predicted octanol–water partition coefficient (Wildman–Crippen LogP) is 3.11. The van der Waals surface area contributed by atoms with Crippen LogP contribution in [0.3, 0.4) is 0 Å². The van der Waals surface area contributed by atoms with Crippen molar-refractivity contribution in [1.82, 2.24) is 24.8 Å². The summed E-state index contributed by atoms with van der Waals surface area (Å²) in [6.45, 7) is 2.89. The van der Waals surface area contributed by atoms with Crippen LogP contribution in [0.1, 0.15) is 18.4 Å². The van der Waals surface area contributed by atoms with Gasteiger partial charge in [0, 0.05) is 24.4 Å². The zero-order valence-corrected chi connectivity index (χ0v) is 19.8. The second kappa shape index (κ2) is 11.5. The molecule has 0 saturated carbocycles. The van der Waals surface area contributed by atoms with Crippen molar-refractivity contribution in [3.05, 3.63) is 69.6 Å². The number of aromatic nitrogens is 4. The van der Waals surface area contributed by atoms with Crippen LogP contribution in [0, 0.1) is 23.3 Å². The number of imidazole rings is 1. The van der Waals surface area contributed by atoms with Gasteiger partial charge in [0.15, 0.2) is 17.5 Å². The van der Waals surface area contributed by atoms with Gasteiger partial charge in [0.2, 0.25) is 11.9 Å². The summed E-state index contributed by atoms with van der Waals surface area (Å²) in [5.74, 6) is -5.08. The van der Waals surface area contributed by atoms with Crippen molar-refractivity contribution < 1.29 is 17.6 Å². The number of nitrogens with one attached hydrogen (secondary N) is 3. The van der Waals surface area contributed by atoms with E-state index in [2.05, 4.69) is 30.2 Å². The third-order valence-electron chi connectivity index (χ3n) is 5.76. The third-order valence-corrected chi connectivity index (χ3v) is 5.76. The van der Waals surface area contributed by atoms with E-state index >= 15 is 0 Å². The standard InChI is InChI=1S/C24H26F4N8O/c25-16-9-13(3-4-14(16)12-36(7-1-5-29)8-2-6-30)15-11-31-23(34-22(15)37)35-24-32-18-10-17(26)19(27)20(28)21(18)33-24/h3-4,9-11H,1-2,5-8,12,29-30H2,(H3,31,32,33,34,35,37). The molecule has 0 radical (unpaired) electrons. The Kier molecular flexibility index (Phi) is 8.16. The molecule has 2 aromatic heterocycles. The van der Waals surface area contributed by atoms with E-state index in [4.69, 9.17) is 11.5 Å². The van der Waals surface area contributed by atoms with Gasteiger partial charge in [-0.1, -0.05) is 12.1 Å². The van der Waals surface area contributed by atoms with Crippen molar-refractivity contribution in [2.45, 2.75) is 19.4 Å². The van der Waals surface area contributed by atoms with E-state index in [9.17, 15) is 22.4 Å². The zero-order valence-electron chi connectivity index (χ0n) is 19.8. The Morgan fingerprint density at radius 1 is 0.919 bits per heavy atom. The van der Waals surface area contributed by atoms with Crippen LogP contribution >= 0.6 is 0 Å². The van der Waals surface area contributed by atoms with Crippen LogP contribution in [0.5, 0.6) is 0 Å². The zero-order chi connectivity index (χ0) is 26.5. The predicted molar refractivity (Wildman–Crippen MR) is 132 cm³/mol. The summed E-state index contributed by atoms with van der Waals surface area (Å²) >= 11 is 0. The number of hydrogen-bond donors (Lipinski definition) is 5. The molecule has 2 heterocycles. The number of benzene rings is 2. The van der Waals surface area contributed by atoms with E-state index < -0.39 is 34.3 Å². The molecule has 9 nitrogen and oxygen atoms in total. The van der Waals surface area contributed by atoms with E-state index in [1.54, 1.807) is 12.1 Å². The van der Waals surface area contributed by atoms with Crippen LogP contribution in [0.15, 0.2) is 35.3 Å². The molecule has 37 heavy (non-hydrogen) atoms. The average molecular weight is 519 g/mol. The van der Waals surface area contributed by atoms with Gasteiger partial charge in [-0.3, -0.25) is 20.0 Å². The Morgan fingerprint density at radius 3 is 2.30 bits per heavy atom. The van der Waals surface area contributed by atoms with Gasteiger partial charge in [0.05, 0.1) is 11.1 Å². The summed E-state index contributed by atoms with van der Waals surface area (Å²) < 4.78 is 55.7. The first-order valence-corrected chi connectivity index (χ1v) is 11.6. The molecule has 0 aliphatic rings. The van der Waals surface area contributed by atoms with Gasteiger partial charge < -0.3 is 16.5 Å². The summed E-state index contributed by atoms with van der Waals surface area (Å²) in [5.41, 5.74) is 11.1. The summed E-state index contributed by atoms with van der Waals surface area (Å²) in [6, 6.07) is 5.28. The van der Waals surface area contributed by atoms with Crippen LogP contribution in [-0.4, -0.2) is 51.0 Å². The van der Waals surface area contributed by atoms with Crippen molar-refractivity contribution in [3.63, 3.8) is 0 Å². The van der Waals surface area contributed by atoms with Crippen LogP contribution in [0.25, 0.3) is 22.2 Å². The lowest BCUT2D eigenvalue weighted by atomic mass is 10.1. The van der Waals surface area contributed by atoms with E-state index in [0.29, 0.717) is 30.8 Å². The number of anilines is 2. The maximum Gasteiger partial charge on any atom is 0.260 e. The van der Waals surface area contributed by atoms with Crippen molar-refractivity contribution in [2.75, 3.05) is 31.5 Å². The van der Waals surface area contributed by atoms with Gasteiger partial charge in [-0.2, -0.15) is 0 Å². The van der Waals surface area contributed by atoms with Gasteiger partial charge in [0.25, 0.3) is 5.56 Å². The number of hydrogen-bond acceptors (Lipinski definition) is 7. The van der Waals surface area contributed by atoms with Gasteiger partial charge in [0.1, 0.15) is 11.3 Å². The molecule has 2 aromatic carbocycles. The number of nitrogens with two attached hydrogens (primary N) is 2. The fourth-order valence-electron chi connectivity index (χ4n) is 3.88. The molecular weight excluding hydrogens is 492 g/mol. The largest absolute Gasteiger partial charge is 0.330 e. The lowest BCUT2D eigenvalue weighted by molar-refractivity contribution is 0.258. The minimum atomic E-state index is -1.64. The first-order chi connectivity index (χ1) is 17.8. The molecule has 4 aromatic rings. The Balaban J connectivity index is 1.51. The van der Waals surface area contributed by atoms with Crippen molar-refractivity contribution in [1.29, 1.82) is 0 Å². The monoisotopic (exact) mass is 518 g/mol. The van der Waals surface area contributed by atoms with Crippen LogP contribution < -0.4 is 22.3 Å². The molecule has 0 spiro atoms. The van der Waals surface area contributed by atoms with Gasteiger partial charge in [-0.15, -0.1) is 0 Å². The Labute approximate surface area is 208 Å². The molecule has 4 rings (SSSR count).